The lowest BCUT2D eigenvalue weighted by atomic mass is 10.2. The lowest BCUT2D eigenvalue weighted by Crippen LogP contribution is -2.45. The zero-order chi connectivity index (χ0) is 13.9. The normalized spacial score (nSPS) is 15.4. The van der Waals surface area contributed by atoms with Crippen LogP contribution in [0.25, 0.3) is 11.3 Å². The molecule has 0 radical (unpaired) electrons. The third kappa shape index (κ3) is 2.70. The molecule has 104 valence electrons. The fourth-order valence-corrected chi connectivity index (χ4v) is 3.32. The summed E-state index contributed by atoms with van der Waals surface area (Å²) in [6.07, 6.45) is 0. The van der Waals surface area contributed by atoms with Gasteiger partial charge in [0, 0.05) is 42.8 Å². The number of hydrogen-bond acceptors (Lipinski definition) is 4. The molecule has 3 nitrogen and oxygen atoms in total. The van der Waals surface area contributed by atoms with Gasteiger partial charge in [-0.25, -0.2) is 4.98 Å². The van der Waals surface area contributed by atoms with E-state index >= 15 is 0 Å². The zero-order valence-electron chi connectivity index (χ0n) is 11.7. The van der Waals surface area contributed by atoms with Crippen LogP contribution in [0.1, 0.15) is 6.92 Å². The minimum absolute atomic E-state index is 1.02. The van der Waals surface area contributed by atoms with E-state index in [2.05, 4.69) is 52.9 Å². The molecule has 4 heteroatoms. The number of hydrogen-bond donors (Lipinski definition) is 0. The molecular weight excluding hydrogens is 266 g/mol. The first kappa shape index (κ1) is 13.2. The van der Waals surface area contributed by atoms with Gasteiger partial charge in [-0.1, -0.05) is 36.9 Å². The predicted octanol–water partition coefficient (Wildman–Crippen LogP) is 3.47. The van der Waals surface area contributed by atoms with Crippen LogP contribution in [0.2, 0.25) is 0 Å². The second-order valence-corrected chi connectivity index (χ2v) is 5.93. The van der Waals surface area contributed by atoms with Crippen molar-refractivity contribution in [3.05, 3.63) is 48.0 Å². The Labute approximate surface area is 124 Å². The molecule has 20 heavy (non-hydrogen) atoms. The minimum atomic E-state index is 1.02. The third-order valence-electron chi connectivity index (χ3n) is 3.65. The molecule has 1 aromatic carbocycles. The van der Waals surface area contributed by atoms with Gasteiger partial charge in [0.05, 0.1) is 5.69 Å². The van der Waals surface area contributed by atoms with Crippen LogP contribution in [-0.2, 0) is 0 Å². The smallest absolute Gasteiger partial charge is 0.185 e. The Morgan fingerprint density at radius 2 is 1.85 bits per heavy atom. The van der Waals surface area contributed by atoms with Crippen molar-refractivity contribution in [2.75, 3.05) is 31.1 Å². The summed E-state index contributed by atoms with van der Waals surface area (Å²) >= 11 is 1.73. The van der Waals surface area contributed by atoms with Crippen LogP contribution in [-0.4, -0.2) is 36.1 Å². The van der Waals surface area contributed by atoms with Crippen molar-refractivity contribution in [3.8, 4) is 11.3 Å². The first-order chi connectivity index (χ1) is 9.74. The Morgan fingerprint density at radius 1 is 1.15 bits per heavy atom. The fourth-order valence-electron chi connectivity index (χ4n) is 2.43. The summed E-state index contributed by atoms with van der Waals surface area (Å²) in [5.74, 6) is 0. The van der Waals surface area contributed by atoms with Crippen molar-refractivity contribution in [3.63, 3.8) is 0 Å². The lowest BCUT2D eigenvalue weighted by molar-refractivity contribution is 0.323. The molecule has 3 rings (SSSR count). The van der Waals surface area contributed by atoms with Crippen LogP contribution in [0.15, 0.2) is 48.0 Å². The van der Waals surface area contributed by atoms with E-state index in [0.29, 0.717) is 0 Å². The van der Waals surface area contributed by atoms with Gasteiger partial charge in [-0.05, 0) is 6.92 Å². The first-order valence-electron chi connectivity index (χ1n) is 6.90. The average Bonchev–Trinajstić information content (AvgIpc) is 2.98. The molecule has 1 aliphatic heterocycles. The summed E-state index contributed by atoms with van der Waals surface area (Å²) in [5, 5.41) is 3.28. The van der Waals surface area contributed by atoms with Gasteiger partial charge < -0.3 is 9.80 Å². The lowest BCUT2D eigenvalue weighted by Gasteiger charge is -2.36. The van der Waals surface area contributed by atoms with E-state index in [9.17, 15) is 0 Å². The van der Waals surface area contributed by atoms with Crippen LogP contribution >= 0.6 is 11.3 Å². The molecular formula is C16H19N3S. The highest BCUT2D eigenvalue weighted by Gasteiger charge is 2.19. The Kier molecular flexibility index (Phi) is 3.74. The summed E-state index contributed by atoms with van der Waals surface area (Å²) in [6, 6.07) is 10.4. The van der Waals surface area contributed by atoms with Crippen molar-refractivity contribution in [1.29, 1.82) is 0 Å². The second kappa shape index (κ2) is 5.67. The predicted molar refractivity (Wildman–Crippen MR) is 86.2 cm³/mol. The van der Waals surface area contributed by atoms with Crippen molar-refractivity contribution in [2.24, 2.45) is 0 Å². The van der Waals surface area contributed by atoms with E-state index in [1.807, 2.05) is 6.07 Å². The number of anilines is 1. The maximum atomic E-state index is 4.78. The topological polar surface area (TPSA) is 19.4 Å². The molecule has 1 saturated heterocycles. The minimum Gasteiger partial charge on any atom is -0.372 e. The van der Waals surface area contributed by atoms with E-state index in [4.69, 9.17) is 4.98 Å². The second-order valence-electron chi connectivity index (χ2n) is 5.09. The summed E-state index contributed by atoms with van der Waals surface area (Å²) in [7, 11) is 0. The SMILES string of the molecule is C=C(C)N1CCN(c2nc(-c3ccccc3)cs2)CC1. The number of allylic oxidation sites excluding steroid dienone is 1. The van der Waals surface area contributed by atoms with Gasteiger partial charge >= 0.3 is 0 Å². The molecule has 1 aromatic heterocycles. The molecule has 2 aromatic rings. The Hall–Kier alpha value is -1.81. The molecule has 0 atom stereocenters. The number of thiazole rings is 1. The van der Waals surface area contributed by atoms with E-state index in [1.165, 1.54) is 5.56 Å². The Morgan fingerprint density at radius 3 is 2.50 bits per heavy atom. The summed E-state index contributed by atoms with van der Waals surface area (Å²) in [5.41, 5.74) is 3.43. The maximum absolute atomic E-state index is 4.78. The molecule has 0 N–H and O–H groups in total. The average molecular weight is 285 g/mol. The van der Waals surface area contributed by atoms with Crippen LogP contribution in [0.3, 0.4) is 0 Å². The summed E-state index contributed by atoms with van der Waals surface area (Å²) in [4.78, 5) is 9.48. The monoisotopic (exact) mass is 285 g/mol. The van der Waals surface area contributed by atoms with Crippen molar-refractivity contribution < 1.29 is 0 Å². The third-order valence-corrected chi connectivity index (χ3v) is 4.55. The van der Waals surface area contributed by atoms with Gasteiger partial charge in [0.25, 0.3) is 0 Å². The maximum Gasteiger partial charge on any atom is 0.185 e. The van der Waals surface area contributed by atoms with E-state index in [0.717, 1.165) is 42.7 Å². The van der Waals surface area contributed by atoms with Crippen LogP contribution in [0.4, 0.5) is 5.13 Å². The largest absolute Gasteiger partial charge is 0.372 e. The van der Waals surface area contributed by atoms with E-state index in [1.54, 1.807) is 11.3 Å². The van der Waals surface area contributed by atoms with Gasteiger partial charge in [0.1, 0.15) is 0 Å². The molecule has 1 aliphatic rings. The van der Waals surface area contributed by atoms with Crippen molar-refractivity contribution in [2.45, 2.75) is 6.92 Å². The summed E-state index contributed by atoms with van der Waals surface area (Å²) in [6.45, 7) is 10.2. The fraction of sp³-hybridized carbons (Fsp3) is 0.312. The number of piperazine rings is 1. The van der Waals surface area contributed by atoms with Crippen LogP contribution in [0, 0.1) is 0 Å². The van der Waals surface area contributed by atoms with Crippen LogP contribution in [0.5, 0.6) is 0 Å². The molecule has 0 spiro atoms. The standard InChI is InChI=1S/C16H19N3S/c1-13(2)18-8-10-19(11-9-18)16-17-15(12-20-16)14-6-4-3-5-7-14/h3-7,12H,1,8-11H2,2H3. The first-order valence-corrected chi connectivity index (χ1v) is 7.78. The molecule has 0 amide bonds. The van der Waals surface area contributed by atoms with E-state index in [-0.39, 0.29) is 0 Å². The van der Waals surface area contributed by atoms with Gasteiger partial charge in [-0.3, -0.25) is 0 Å². The van der Waals surface area contributed by atoms with Gasteiger partial charge in [-0.15, -0.1) is 11.3 Å². The van der Waals surface area contributed by atoms with Crippen molar-refractivity contribution >= 4 is 16.5 Å². The quantitative estimate of drug-likeness (QED) is 0.861. The van der Waals surface area contributed by atoms with Gasteiger partial charge in [0.2, 0.25) is 0 Å². The highest BCUT2D eigenvalue weighted by atomic mass is 32.1. The highest BCUT2D eigenvalue weighted by Crippen LogP contribution is 2.28. The Bertz CT molecular complexity index is 583. The number of rotatable bonds is 3. The number of nitrogens with zero attached hydrogens (tertiary/aromatic N) is 3. The number of benzene rings is 1. The molecule has 1 fully saturated rings. The number of aromatic nitrogens is 1. The van der Waals surface area contributed by atoms with E-state index < -0.39 is 0 Å². The Balaban J connectivity index is 1.71. The van der Waals surface area contributed by atoms with Gasteiger partial charge in [0.15, 0.2) is 5.13 Å². The summed E-state index contributed by atoms with van der Waals surface area (Å²) < 4.78 is 0. The zero-order valence-corrected chi connectivity index (χ0v) is 12.6. The molecule has 0 aliphatic carbocycles. The molecule has 0 bridgehead atoms. The molecule has 0 saturated carbocycles. The molecule has 2 heterocycles. The van der Waals surface area contributed by atoms with Crippen LogP contribution < -0.4 is 4.90 Å². The molecule has 0 unspecified atom stereocenters. The van der Waals surface area contributed by atoms with Crippen molar-refractivity contribution in [1.82, 2.24) is 9.88 Å². The highest BCUT2D eigenvalue weighted by molar-refractivity contribution is 7.14. The van der Waals surface area contributed by atoms with Gasteiger partial charge in [-0.2, -0.15) is 0 Å².